The summed E-state index contributed by atoms with van der Waals surface area (Å²) in [6, 6.07) is -0.511. The predicted molar refractivity (Wildman–Crippen MR) is 129 cm³/mol. The van der Waals surface area contributed by atoms with E-state index in [9.17, 15) is 9.59 Å². The van der Waals surface area contributed by atoms with Gasteiger partial charge >= 0.3 is 0 Å². The first-order chi connectivity index (χ1) is 15.6. The van der Waals surface area contributed by atoms with E-state index in [4.69, 9.17) is 16.2 Å². The SMILES string of the molecule is NCCCNCCCCNCCCNC(=O)[C@H](N)CCCCNC(=O)C1=CC=CCCO1. The van der Waals surface area contributed by atoms with Gasteiger partial charge in [0.05, 0.1) is 12.6 Å². The van der Waals surface area contributed by atoms with Crippen molar-refractivity contribution in [1.29, 1.82) is 0 Å². The average Bonchev–Trinajstić information content (AvgIpc) is 3.09. The maximum atomic E-state index is 12.1. The van der Waals surface area contributed by atoms with E-state index < -0.39 is 6.04 Å². The maximum Gasteiger partial charge on any atom is 0.286 e. The van der Waals surface area contributed by atoms with Crippen LogP contribution in [0.15, 0.2) is 24.0 Å². The Kier molecular flexibility index (Phi) is 17.3. The van der Waals surface area contributed by atoms with Crippen LogP contribution in [0.4, 0.5) is 0 Å². The highest BCUT2D eigenvalue weighted by Crippen LogP contribution is 2.05. The van der Waals surface area contributed by atoms with Crippen molar-refractivity contribution in [1.82, 2.24) is 21.3 Å². The predicted octanol–water partition coefficient (Wildman–Crippen LogP) is 0.275. The Hall–Kier alpha value is -1.94. The fraction of sp³-hybridized carbons (Fsp3) is 0.739. The zero-order valence-corrected chi connectivity index (χ0v) is 19.5. The number of ether oxygens (including phenoxy) is 1. The van der Waals surface area contributed by atoms with E-state index in [0.29, 0.717) is 31.9 Å². The molecule has 1 heterocycles. The maximum absolute atomic E-state index is 12.1. The summed E-state index contributed by atoms with van der Waals surface area (Å²) in [6.45, 7) is 6.31. The van der Waals surface area contributed by atoms with E-state index in [1.807, 2.05) is 12.2 Å². The lowest BCUT2D eigenvalue weighted by Crippen LogP contribution is -2.41. The van der Waals surface area contributed by atoms with Crippen LogP contribution in [0.2, 0.25) is 0 Å². The van der Waals surface area contributed by atoms with Crippen molar-refractivity contribution >= 4 is 11.8 Å². The van der Waals surface area contributed by atoms with Gasteiger partial charge in [-0.05, 0) is 90.2 Å². The van der Waals surface area contributed by atoms with E-state index in [-0.39, 0.29) is 11.8 Å². The van der Waals surface area contributed by atoms with Gasteiger partial charge < -0.3 is 37.5 Å². The third-order valence-electron chi connectivity index (χ3n) is 5.06. The summed E-state index contributed by atoms with van der Waals surface area (Å²) < 4.78 is 5.39. The number of amides is 2. The van der Waals surface area contributed by atoms with Gasteiger partial charge in [0.15, 0.2) is 5.76 Å². The van der Waals surface area contributed by atoms with Crippen LogP contribution in [0.25, 0.3) is 0 Å². The lowest BCUT2D eigenvalue weighted by atomic mass is 10.1. The summed E-state index contributed by atoms with van der Waals surface area (Å²) in [5.41, 5.74) is 11.4. The van der Waals surface area contributed by atoms with Crippen LogP contribution in [-0.2, 0) is 14.3 Å². The van der Waals surface area contributed by atoms with Gasteiger partial charge in [0.2, 0.25) is 5.91 Å². The zero-order chi connectivity index (χ0) is 23.3. The monoisotopic (exact) mass is 452 g/mol. The number of rotatable bonds is 19. The lowest BCUT2D eigenvalue weighted by molar-refractivity contribution is -0.123. The van der Waals surface area contributed by atoms with Gasteiger partial charge in [-0.3, -0.25) is 9.59 Å². The second-order valence-corrected chi connectivity index (χ2v) is 7.95. The van der Waals surface area contributed by atoms with Gasteiger partial charge in [0.1, 0.15) is 0 Å². The van der Waals surface area contributed by atoms with Crippen LogP contribution in [0.5, 0.6) is 0 Å². The van der Waals surface area contributed by atoms with Gasteiger partial charge in [-0.2, -0.15) is 0 Å². The van der Waals surface area contributed by atoms with Gasteiger partial charge in [0.25, 0.3) is 5.91 Å². The van der Waals surface area contributed by atoms with Crippen LogP contribution in [0.1, 0.15) is 51.4 Å². The highest BCUT2D eigenvalue weighted by molar-refractivity contribution is 5.91. The van der Waals surface area contributed by atoms with E-state index in [2.05, 4.69) is 21.3 Å². The summed E-state index contributed by atoms with van der Waals surface area (Å²) >= 11 is 0. The van der Waals surface area contributed by atoms with Crippen LogP contribution < -0.4 is 32.7 Å². The van der Waals surface area contributed by atoms with Gasteiger partial charge in [-0.25, -0.2) is 0 Å². The molecule has 0 bridgehead atoms. The van der Waals surface area contributed by atoms with Crippen molar-refractivity contribution in [3.8, 4) is 0 Å². The van der Waals surface area contributed by atoms with Crippen LogP contribution in [0.3, 0.4) is 0 Å². The minimum absolute atomic E-state index is 0.110. The summed E-state index contributed by atoms with van der Waals surface area (Å²) in [7, 11) is 0. The molecule has 1 aliphatic rings. The quantitative estimate of drug-likeness (QED) is 0.154. The number of allylic oxidation sites excluding steroid dienone is 2. The van der Waals surface area contributed by atoms with E-state index in [0.717, 1.165) is 77.7 Å². The summed E-state index contributed by atoms with van der Waals surface area (Å²) in [6.07, 6.45) is 12.6. The minimum atomic E-state index is -0.511. The van der Waals surface area contributed by atoms with Crippen LogP contribution in [0, 0.1) is 0 Å². The molecule has 0 aromatic heterocycles. The highest BCUT2D eigenvalue weighted by Gasteiger charge is 2.13. The molecule has 9 nitrogen and oxygen atoms in total. The first kappa shape index (κ1) is 28.1. The van der Waals surface area contributed by atoms with E-state index >= 15 is 0 Å². The molecule has 1 rings (SSSR count). The molecule has 0 radical (unpaired) electrons. The summed E-state index contributed by atoms with van der Waals surface area (Å²) in [5, 5.41) is 12.5. The fourth-order valence-corrected chi connectivity index (χ4v) is 3.12. The molecule has 0 unspecified atom stereocenters. The van der Waals surface area contributed by atoms with Gasteiger partial charge in [-0.1, -0.05) is 12.2 Å². The summed E-state index contributed by atoms with van der Waals surface area (Å²) in [4.78, 5) is 24.1. The zero-order valence-electron chi connectivity index (χ0n) is 19.5. The Balaban J connectivity index is 1.91. The Bertz CT molecular complexity index is 568. The summed E-state index contributed by atoms with van der Waals surface area (Å²) in [5.74, 6) is 0.0346. The van der Waals surface area contributed by atoms with Crippen LogP contribution in [-0.4, -0.2) is 70.3 Å². The Labute approximate surface area is 193 Å². The number of hydrogen-bond acceptors (Lipinski definition) is 7. The molecule has 0 spiro atoms. The highest BCUT2D eigenvalue weighted by atomic mass is 16.5. The molecule has 9 heteroatoms. The van der Waals surface area contributed by atoms with Crippen LogP contribution >= 0.6 is 0 Å². The number of nitrogens with one attached hydrogen (secondary N) is 4. The molecule has 32 heavy (non-hydrogen) atoms. The number of carbonyl (C=O) groups is 2. The second kappa shape index (κ2) is 19.7. The minimum Gasteiger partial charge on any atom is -0.488 e. The van der Waals surface area contributed by atoms with Crippen molar-refractivity contribution in [2.45, 2.75) is 57.4 Å². The standard InChI is InChI=1S/C23H44N6O3/c24-12-8-15-26-13-5-6-14-27-16-9-18-28-22(30)20(25)10-3-4-17-29-23(31)21-11-2-1-7-19-32-21/h1-2,11,20,26-27H,3-10,12-19,24-25H2,(H,28,30)(H,29,31)/t20-/m1/s1. The van der Waals surface area contributed by atoms with Gasteiger partial charge in [-0.15, -0.1) is 0 Å². The van der Waals surface area contributed by atoms with E-state index in [1.54, 1.807) is 6.08 Å². The molecule has 184 valence electrons. The normalized spacial score (nSPS) is 14.2. The van der Waals surface area contributed by atoms with Gasteiger partial charge in [0, 0.05) is 13.1 Å². The lowest BCUT2D eigenvalue weighted by Gasteiger charge is -2.13. The van der Waals surface area contributed by atoms with Crippen molar-refractivity contribution in [3.05, 3.63) is 24.0 Å². The first-order valence-corrected chi connectivity index (χ1v) is 12.1. The average molecular weight is 453 g/mol. The number of nitrogens with two attached hydrogens (primary N) is 2. The number of hydrogen-bond donors (Lipinski definition) is 6. The fourth-order valence-electron chi connectivity index (χ4n) is 3.12. The smallest absolute Gasteiger partial charge is 0.286 e. The molecular weight excluding hydrogens is 408 g/mol. The molecule has 0 aliphatic carbocycles. The molecule has 0 saturated carbocycles. The van der Waals surface area contributed by atoms with Crippen molar-refractivity contribution in [2.75, 3.05) is 52.4 Å². The molecule has 0 fully saturated rings. The molecule has 2 amide bonds. The Morgan fingerprint density at radius 2 is 1.56 bits per heavy atom. The second-order valence-electron chi connectivity index (χ2n) is 7.95. The Morgan fingerprint density at radius 1 is 0.906 bits per heavy atom. The third kappa shape index (κ3) is 15.0. The molecule has 1 atom stereocenters. The molecule has 0 aromatic carbocycles. The van der Waals surface area contributed by atoms with Crippen molar-refractivity contribution in [3.63, 3.8) is 0 Å². The largest absolute Gasteiger partial charge is 0.488 e. The molecule has 1 aliphatic heterocycles. The number of carbonyl (C=O) groups excluding carboxylic acids is 2. The van der Waals surface area contributed by atoms with E-state index in [1.165, 1.54) is 0 Å². The Morgan fingerprint density at radius 3 is 2.31 bits per heavy atom. The molecule has 0 aromatic rings. The molecular formula is C23H44N6O3. The topological polar surface area (TPSA) is 144 Å². The van der Waals surface area contributed by atoms with Crippen molar-refractivity contribution in [2.24, 2.45) is 11.5 Å². The number of unbranched alkanes of at least 4 members (excludes halogenated alkanes) is 2. The first-order valence-electron chi connectivity index (χ1n) is 12.1. The van der Waals surface area contributed by atoms with Crippen molar-refractivity contribution < 1.29 is 14.3 Å². The molecule has 0 saturated heterocycles. The third-order valence-corrected chi connectivity index (χ3v) is 5.06. The molecule has 8 N–H and O–H groups in total.